The second-order valence-corrected chi connectivity index (χ2v) is 4.23. The molecule has 0 radical (unpaired) electrons. The maximum atomic E-state index is 13.1. The van der Waals surface area contributed by atoms with Gasteiger partial charge in [-0.2, -0.15) is 0 Å². The SMILES string of the molecule is O=C(O)c1cc(F)c(F)cc1C(=O)NC1CC=CC1. The number of carbonyl (C=O) groups is 2. The molecule has 0 fully saturated rings. The van der Waals surface area contributed by atoms with Crippen LogP contribution < -0.4 is 5.32 Å². The number of amides is 1. The average molecular weight is 267 g/mol. The smallest absolute Gasteiger partial charge is 0.336 e. The van der Waals surface area contributed by atoms with Gasteiger partial charge in [0.25, 0.3) is 5.91 Å². The second kappa shape index (κ2) is 5.17. The molecule has 19 heavy (non-hydrogen) atoms. The molecule has 0 atom stereocenters. The van der Waals surface area contributed by atoms with E-state index in [1.54, 1.807) is 0 Å². The third-order valence-electron chi connectivity index (χ3n) is 2.88. The first kappa shape index (κ1) is 13.2. The van der Waals surface area contributed by atoms with Crippen molar-refractivity contribution in [3.8, 4) is 0 Å². The highest BCUT2D eigenvalue weighted by molar-refractivity contribution is 6.04. The van der Waals surface area contributed by atoms with E-state index in [1.807, 2.05) is 12.2 Å². The van der Waals surface area contributed by atoms with E-state index in [9.17, 15) is 18.4 Å². The zero-order valence-electron chi connectivity index (χ0n) is 9.82. The molecule has 0 saturated heterocycles. The van der Waals surface area contributed by atoms with Crippen molar-refractivity contribution in [2.24, 2.45) is 0 Å². The van der Waals surface area contributed by atoms with E-state index in [1.165, 1.54) is 0 Å². The van der Waals surface area contributed by atoms with Gasteiger partial charge in [-0.05, 0) is 25.0 Å². The summed E-state index contributed by atoms with van der Waals surface area (Å²) in [6, 6.07) is 0.984. The van der Waals surface area contributed by atoms with Crippen LogP contribution in [0.3, 0.4) is 0 Å². The predicted molar refractivity (Wildman–Crippen MR) is 62.9 cm³/mol. The Bertz CT molecular complexity index is 561. The van der Waals surface area contributed by atoms with Gasteiger partial charge in [-0.3, -0.25) is 4.79 Å². The number of carboxylic acids is 1. The van der Waals surface area contributed by atoms with Crippen molar-refractivity contribution in [3.63, 3.8) is 0 Å². The Morgan fingerprint density at radius 2 is 1.63 bits per heavy atom. The van der Waals surface area contributed by atoms with Crippen LogP contribution in [0.4, 0.5) is 8.78 Å². The van der Waals surface area contributed by atoms with Crippen LogP contribution in [-0.4, -0.2) is 23.0 Å². The van der Waals surface area contributed by atoms with Crippen molar-refractivity contribution in [1.82, 2.24) is 5.32 Å². The van der Waals surface area contributed by atoms with Crippen molar-refractivity contribution in [1.29, 1.82) is 0 Å². The summed E-state index contributed by atoms with van der Waals surface area (Å²) >= 11 is 0. The number of carbonyl (C=O) groups excluding carboxylic acids is 1. The minimum absolute atomic E-state index is 0.137. The molecule has 0 saturated carbocycles. The molecule has 0 aliphatic heterocycles. The third kappa shape index (κ3) is 2.78. The Labute approximate surface area is 107 Å². The Morgan fingerprint density at radius 1 is 1.11 bits per heavy atom. The molecule has 0 spiro atoms. The number of nitrogens with one attached hydrogen (secondary N) is 1. The van der Waals surface area contributed by atoms with E-state index in [2.05, 4.69) is 5.32 Å². The monoisotopic (exact) mass is 267 g/mol. The Hall–Kier alpha value is -2.24. The van der Waals surface area contributed by atoms with Crippen LogP contribution in [-0.2, 0) is 0 Å². The first-order chi connectivity index (χ1) is 8.99. The molecule has 100 valence electrons. The van der Waals surface area contributed by atoms with Crippen LogP contribution in [0.1, 0.15) is 33.6 Å². The summed E-state index contributed by atoms with van der Waals surface area (Å²) in [5.41, 5.74) is -0.930. The summed E-state index contributed by atoms with van der Waals surface area (Å²) in [6.45, 7) is 0. The predicted octanol–water partition coefficient (Wildman–Crippen LogP) is 2.11. The molecular formula is C13H11F2NO3. The quantitative estimate of drug-likeness (QED) is 0.824. The highest BCUT2D eigenvalue weighted by Gasteiger charge is 2.22. The minimum Gasteiger partial charge on any atom is -0.478 e. The summed E-state index contributed by atoms with van der Waals surface area (Å²) < 4.78 is 26.1. The molecule has 1 aromatic rings. The number of carboxylic acid groups (broad SMARTS) is 1. The zero-order valence-corrected chi connectivity index (χ0v) is 9.82. The zero-order chi connectivity index (χ0) is 14.0. The van der Waals surface area contributed by atoms with Gasteiger partial charge >= 0.3 is 5.97 Å². The molecule has 1 amide bonds. The lowest BCUT2D eigenvalue weighted by atomic mass is 10.1. The lowest BCUT2D eigenvalue weighted by molar-refractivity contribution is 0.0689. The van der Waals surface area contributed by atoms with Gasteiger partial charge in [0.05, 0.1) is 11.1 Å². The van der Waals surface area contributed by atoms with Gasteiger partial charge in [0.2, 0.25) is 0 Å². The lowest BCUT2D eigenvalue weighted by Gasteiger charge is -2.13. The number of hydrogen-bond acceptors (Lipinski definition) is 2. The largest absolute Gasteiger partial charge is 0.478 e. The van der Waals surface area contributed by atoms with Gasteiger partial charge in [-0.25, -0.2) is 13.6 Å². The molecule has 6 heteroatoms. The van der Waals surface area contributed by atoms with Crippen LogP contribution in [0.5, 0.6) is 0 Å². The van der Waals surface area contributed by atoms with Gasteiger partial charge in [-0.15, -0.1) is 0 Å². The van der Waals surface area contributed by atoms with E-state index in [4.69, 9.17) is 5.11 Å². The molecule has 2 rings (SSSR count). The first-order valence-electron chi connectivity index (χ1n) is 5.67. The molecule has 4 nitrogen and oxygen atoms in total. The van der Waals surface area contributed by atoms with Crippen molar-refractivity contribution in [3.05, 3.63) is 47.0 Å². The van der Waals surface area contributed by atoms with Crippen molar-refractivity contribution in [2.75, 3.05) is 0 Å². The molecule has 1 aromatic carbocycles. The Kier molecular flexibility index (Phi) is 3.59. The maximum Gasteiger partial charge on any atom is 0.336 e. The highest BCUT2D eigenvalue weighted by atomic mass is 19.2. The Morgan fingerprint density at radius 3 is 2.16 bits per heavy atom. The lowest BCUT2D eigenvalue weighted by Crippen LogP contribution is -2.34. The number of rotatable bonds is 3. The molecule has 1 aliphatic rings. The van der Waals surface area contributed by atoms with Gasteiger partial charge in [-0.1, -0.05) is 12.2 Å². The number of hydrogen-bond donors (Lipinski definition) is 2. The standard InChI is InChI=1S/C13H11F2NO3/c14-10-5-8(9(13(18)19)6-11(10)15)12(17)16-7-3-1-2-4-7/h1-2,5-7H,3-4H2,(H,16,17)(H,18,19). The van der Waals surface area contributed by atoms with Crippen LogP contribution in [0, 0.1) is 11.6 Å². The van der Waals surface area contributed by atoms with Crippen molar-refractivity contribution >= 4 is 11.9 Å². The summed E-state index contributed by atoms with van der Waals surface area (Å²) in [5, 5.41) is 11.5. The van der Waals surface area contributed by atoms with Crippen molar-refractivity contribution < 1.29 is 23.5 Å². The summed E-state index contributed by atoms with van der Waals surface area (Å²) in [7, 11) is 0. The van der Waals surface area contributed by atoms with E-state index in [0.29, 0.717) is 25.0 Å². The molecule has 0 bridgehead atoms. The number of halogens is 2. The second-order valence-electron chi connectivity index (χ2n) is 4.23. The molecule has 0 aromatic heterocycles. The van der Waals surface area contributed by atoms with Gasteiger partial charge in [0.15, 0.2) is 11.6 Å². The summed E-state index contributed by atoms with van der Waals surface area (Å²) in [6.07, 6.45) is 5.04. The fourth-order valence-corrected chi connectivity index (χ4v) is 1.91. The fourth-order valence-electron chi connectivity index (χ4n) is 1.91. The molecule has 0 heterocycles. The minimum atomic E-state index is -1.48. The van der Waals surface area contributed by atoms with E-state index in [0.717, 1.165) is 0 Å². The molecular weight excluding hydrogens is 256 g/mol. The molecule has 1 aliphatic carbocycles. The topological polar surface area (TPSA) is 66.4 Å². The fraction of sp³-hybridized carbons (Fsp3) is 0.231. The average Bonchev–Trinajstić information content (AvgIpc) is 2.84. The van der Waals surface area contributed by atoms with E-state index in [-0.39, 0.29) is 11.6 Å². The normalized spacial score (nSPS) is 14.6. The third-order valence-corrected chi connectivity index (χ3v) is 2.88. The van der Waals surface area contributed by atoms with Crippen LogP contribution >= 0.6 is 0 Å². The highest BCUT2D eigenvalue weighted by Crippen LogP contribution is 2.17. The van der Waals surface area contributed by atoms with E-state index < -0.39 is 29.1 Å². The Balaban J connectivity index is 2.29. The molecule has 0 unspecified atom stereocenters. The number of benzene rings is 1. The van der Waals surface area contributed by atoms with Crippen LogP contribution in [0.25, 0.3) is 0 Å². The maximum absolute atomic E-state index is 13.1. The van der Waals surface area contributed by atoms with Gasteiger partial charge in [0.1, 0.15) is 0 Å². The molecule has 2 N–H and O–H groups in total. The first-order valence-corrected chi connectivity index (χ1v) is 5.67. The number of aromatic carboxylic acids is 1. The van der Waals surface area contributed by atoms with E-state index >= 15 is 0 Å². The van der Waals surface area contributed by atoms with Gasteiger partial charge in [0, 0.05) is 6.04 Å². The summed E-state index contributed by atoms with van der Waals surface area (Å²) in [5.74, 6) is -4.74. The van der Waals surface area contributed by atoms with Gasteiger partial charge < -0.3 is 10.4 Å². The van der Waals surface area contributed by atoms with Crippen molar-refractivity contribution in [2.45, 2.75) is 18.9 Å². The van der Waals surface area contributed by atoms with Crippen LogP contribution in [0.15, 0.2) is 24.3 Å². The van der Waals surface area contributed by atoms with Crippen LogP contribution in [0.2, 0.25) is 0 Å². The summed E-state index contributed by atoms with van der Waals surface area (Å²) in [4.78, 5) is 22.8.